The predicted octanol–water partition coefficient (Wildman–Crippen LogP) is -0.921. The van der Waals surface area contributed by atoms with Crippen LogP contribution in [0.1, 0.15) is 6.42 Å². The Balaban J connectivity index is 2.65. The zero-order chi connectivity index (χ0) is 10.6. The van der Waals surface area contributed by atoms with Gasteiger partial charge < -0.3 is 10.2 Å². The van der Waals surface area contributed by atoms with Crippen LogP contribution in [0.3, 0.4) is 0 Å². The molecule has 0 fully saturated rings. The lowest BCUT2D eigenvalue weighted by Gasteiger charge is -2.08. The first-order chi connectivity index (χ1) is 6.59. The van der Waals surface area contributed by atoms with Crippen molar-refractivity contribution in [2.45, 2.75) is 19.1 Å². The second-order valence-corrected chi connectivity index (χ2v) is 2.82. The third kappa shape index (κ3) is 2.98. The number of aliphatic carboxylic acids is 1. The van der Waals surface area contributed by atoms with Crippen molar-refractivity contribution < 1.29 is 15.0 Å². The molecular weight excluding hydrogens is 188 g/mol. The molecule has 1 atom stereocenters. The summed E-state index contributed by atoms with van der Waals surface area (Å²) in [5, 5.41) is 17.6. The zero-order valence-corrected chi connectivity index (χ0v) is 7.33. The normalized spacial score (nSPS) is 12.4. The molecule has 6 heteroatoms. The Hall–Kier alpha value is -1.69. The van der Waals surface area contributed by atoms with E-state index in [1.165, 1.54) is 18.6 Å². The van der Waals surface area contributed by atoms with Gasteiger partial charge in [0.2, 0.25) is 0 Å². The van der Waals surface area contributed by atoms with E-state index in [0.29, 0.717) is 0 Å². The van der Waals surface area contributed by atoms with E-state index in [-0.39, 0.29) is 18.5 Å². The van der Waals surface area contributed by atoms with Gasteiger partial charge in [0, 0.05) is 12.3 Å². The van der Waals surface area contributed by atoms with Crippen LogP contribution >= 0.6 is 0 Å². The molecular formula is C8H10N2O4. The van der Waals surface area contributed by atoms with Gasteiger partial charge in [-0.15, -0.1) is 0 Å². The SMILES string of the molecule is O=C(O)CC(O)Cn1cnccc1=O. The quantitative estimate of drug-likeness (QED) is 0.652. The summed E-state index contributed by atoms with van der Waals surface area (Å²) in [5.74, 6) is -1.10. The molecule has 0 amide bonds. The van der Waals surface area contributed by atoms with Gasteiger partial charge in [-0.25, -0.2) is 4.98 Å². The minimum Gasteiger partial charge on any atom is -0.481 e. The van der Waals surface area contributed by atoms with Crippen LogP contribution in [0.15, 0.2) is 23.4 Å². The monoisotopic (exact) mass is 198 g/mol. The minimum absolute atomic E-state index is 0.0566. The van der Waals surface area contributed by atoms with Gasteiger partial charge in [0.15, 0.2) is 0 Å². The van der Waals surface area contributed by atoms with E-state index in [0.717, 1.165) is 4.57 Å². The summed E-state index contributed by atoms with van der Waals surface area (Å²) < 4.78 is 1.16. The van der Waals surface area contributed by atoms with Gasteiger partial charge in [-0.05, 0) is 0 Å². The molecule has 0 spiro atoms. The average molecular weight is 198 g/mol. The van der Waals surface area contributed by atoms with Gasteiger partial charge in [-0.2, -0.15) is 0 Å². The highest BCUT2D eigenvalue weighted by atomic mass is 16.4. The second kappa shape index (κ2) is 4.52. The van der Waals surface area contributed by atoms with Crippen LogP contribution in [0.25, 0.3) is 0 Å². The lowest BCUT2D eigenvalue weighted by molar-refractivity contribution is -0.139. The van der Waals surface area contributed by atoms with E-state index in [2.05, 4.69) is 4.98 Å². The van der Waals surface area contributed by atoms with Gasteiger partial charge >= 0.3 is 5.97 Å². The molecule has 2 N–H and O–H groups in total. The Kier molecular flexibility index (Phi) is 3.35. The molecule has 0 aliphatic rings. The number of rotatable bonds is 4. The largest absolute Gasteiger partial charge is 0.481 e. The van der Waals surface area contributed by atoms with E-state index >= 15 is 0 Å². The molecule has 1 heterocycles. The van der Waals surface area contributed by atoms with E-state index in [4.69, 9.17) is 5.11 Å². The number of carboxylic acids is 1. The Morgan fingerprint density at radius 2 is 2.36 bits per heavy atom. The number of aliphatic hydroxyl groups is 1. The Morgan fingerprint density at radius 3 is 2.93 bits per heavy atom. The fourth-order valence-corrected chi connectivity index (χ4v) is 1.01. The molecule has 1 unspecified atom stereocenters. The summed E-state index contributed by atoms with van der Waals surface area (Å²) in [6.07, 6.45) is 1.13. The predicted molar refractivity (Wildman–Crippen MR) is 46.8 cm³/mol. The van der Waals surface area contributed by atoms with Gasteiger partial charge in [0.05, 0.1) is 25.4 Å². The number of aromatic nitrogens is 2. The molecule has 1 rings (SSSR count). The van der Waals surface area contributed by atoms with Gasteiger partial charge in [0.25, 0.3) is 5.56 Å². The Bertz CT molecular complexity index is 374. The van der Waals surface area contributed by atoms with Gasteiger partial charge in [0.1, 0.15) is 0 Å². The van der Waals surface area contributed by atoms with Crippen molar-refractivity contribution in [3.05, 3.63) is 28.9 Å². The number of hydrogen-bond donors (Lipinski definition) is 2. The zero-order valence-electron chi connectivity index (χ0n) is 7.33. The molecule has 1 aromatic rings. The number of aliphatic hydroxyl groups excluding tert-OH is 1. The smallest absolute Gasteiger partial charge is 0.306 e. The summed E-state index contributed by atoms with van der Waals surface area (Å²) in [4.78, 5) is 25.0. The van der Waals surface area contributed by atoms with E-state index in [1.54, 1.807) is 0 Å². The first-order valence-corrected chi connectivity index (χ1v) is 4.00. The average Bonchev–Trinajstić information content (AvgIpc) is 2.07. The molecule has 0 aliphatic carbocycles. The third-order valence-corrected chi connectivity index (χ3v) is 1.61. The van der Waals surface area contributed by atoms with E-state index in [1.807, 2.05) is 0 Å². The highest BCUT2D eigenvalue weighted by molar-refractivity contribution is 5.67. The second-order valence-electron chi connectivity index (χ2n) is 2.82. The van der Waals surface area contributed by atoms with E-state index in [9.17, 15) is 14.7 Å². The lowest BCUT2D eigenvalue weighted by Crippen LogP contribution is -2.27. The summed E-state index contributed by atoms with van der Waals surface area (Å²) in [5.41, 5.74) is -0.315. The summed E-state index contributed by atoms with van der Waals surface area (Å²) in [6.45, 7) is -0.0566. The summed E-state index contributed by atoms with van der Waals surface area (Å²) in [6, 6.07) is 1.24. The molecule has 14 heavy (non-hydrogen) atoms. The van der Waals surface area contributed by atoms with Crippen molar-refractivity contribution in [3.63, 3.8) is 0 Å². The van der Waals surface area contributed by atoms with Crippen molar-refractivity contribution in [1.82, 2.24) is 9.55 Å². The van der Waals surface area contributed by atoms with Crippen LogP contribution in [0, 0.1) is 0 Å². The molecule has 76 valence electrons. The summed E-state index contributed by atoms with van der Waals surface area (Å²) >= 11 is 0. The van der Waals surface area contributed by atoms with Crippen LogP contribution < -0.4 is 5.56 Å². The van der Waals surface area contributed by atoms with Crippen LogP contribution in [-0.2, 0) is 11.3 Å². The topological polar surface area (TPSA) is 92.4 Å². The maximum atomic E-state index is 11.1. The fourth-order valence-electron chi connectivity index (χ4n) is 1.01. The van der Waals surface area contributed by atoms with Crippen LogP contribution in [0.2, 0.25) is 0 Å². The van der Waals surface area contributed by atoms with Crippen molar-refractivity contribution >= 4 is 5.97 Å². The molecule has 0 aromatic carbocycles. The van der Waals surface area contributed by atoms with Gasteiger partial charge in [-0.1, -0.05) is 0 Å². The first kappa shape index (κ1) is 10.4. The molecule has 1 aromatic heterocycles. The minimum atomic E-state index is -1.10. The van der Waals surface area contributed by atoms with Crippen LogP contribution in [0.5, 0.6) is 0 Å². The number of nitrogens with zero attached hydrogens (tertiary/aromatic N) is 2. The summed E-state index contributed by atoms with van der Waals surface area (Å²) in [7, 11) is 0. The van der Waals surface area contributed by atoms with Crippen molar-refractivity contribution in [3.8, 4) is 0 Å². The molecule has 0 saturated heterocycles. The van der Waals surface area contributed by atoms with Gasteiger partial charge in [-0.3, -0.25) is 14.2 Å². The third-order valence-electron chi connectivity index (χ3n) is 1.61. The van der Waals surface area contributed by atoms with Crippen molar-refractivity contribution in [2.24, 2.45) is 0 Å². The van der Waals surface area contributed by atoms with Crippen molar-refractivity contribution in [1.29, 1.82) is 0 Å². The Labute approximate surface area is 79.5 Å². The molecule has 0 saturated carbocycles. The number of carbonyl (C=O) groups is 1. The molecule has 0 aliphatic heterocycles. The molecule has 0 radical (unpaired) electrons. The molecule has 6 nitrogen and oxygen atoms in total. The number of hydrogen-bond acceptors (Lipinski definition) is 4. The Morgan fingerprint density at radius 1 is 1.64 bits per heavy atom. The highest BCUT2D eigenvalue weighted by Gasteiger charge is 2.10. The first-order valence-electron chi connectivity index (χ1n) is 4.00. The molecule has 0 bridgehead atoms. The van der Waals surface area contributed by atoms with Crippen LogP contribution in [-0.4, -0.2) is 31.8 Å². The highest BCUT2D eigenvalue weighted by Crippen LogP contribution is 1.94. The number of carboxylic acid groups (broad SMARTS) is 1. The van der Waals surface area contributed by atoms with Crippen LogP contribution in [0.4, 0.5) is 0 Å². The van der Waals surface area contributed by atoms with E-state index < -0.39 is 12.1 Å². The standard InChI is InChI=1S/C8H10N2O4/c11-6(3-8(13)14)4-10-5-9-2-1-7(10)12/h1-2,5-6,11H,3-4H2,(H,13,14). The lowest BCUT2D eigenvalue weighted by atomic mass is 10.2. The maximum absolute atomic E-state index is 11.1. The fraction of sp³-hybridized carbons (Fsp3) is 0.375. The van der Waals surface area contributed by atoms with Crippen molar-refractivity contribution in [2.75, 3.05) is 0 Å². The maximum Gasteiger partial charge on any atom is 0.306 e.